The van der Waals surface area contributed by atoms with Crippen LogP contribution in [0.2, 0.25) is 0 Å². The van der Waals surface area contributed by atoms with Crippen LogP contribution >= 0.6 is 0 Å². The lowest BCUT2D eigenvalue weighted by atomic mass is 10.2. The molecule has 2 rings (SSSR count). The van der Waals surface area contributed by atoms with E-state index in [1.165, 1.54) is 24.5 Å². The Morgan fingerprint density at radius 3 is 2.58 bits per heavy atom. The first-order chi connectivity index (χ1) is 11.4. The van der Waals surface area contributed by atoms with Crippen LogP contribution in [0.3, 0.4) is 0 Å². The number of hydrogen-bond acceptors (Lipinski definition) is 4. The fourth-order valence-electron chi connectivity index (χ4n) is 1.96. The zero-order valence-electron chi connectivity index (χ0n) is 13.2. The molecule has 5 nitrogen and oxygen atoms in total. The highest BCUT2D eigenvalue weighted by Crippen LogP contribution is 2.15. The van der Waals surface area contributed by atoms with E-state index >= 15 is 0 Å². The highest BCUT2D eigenvalue weighted by molar-refractivity contribution is 7.84. The molecule has 1 atom stereocenters. The van der Waals surface area contributed by atoms with E-state index in [2.05, 4.69) is 5.32 Å². The molecule has 2 aromatic rings. The molecule has 0 heterocycles. The van der Waals surface area contributed by atoms with E-state index in [0.717, 1.165) is 0 Å². The number of anilines is 1. The number of rotatable bonds is 5. The molecular weight excluding hydrogens is 333 g/mol. The summed E-state index contributed by atoms with van der Waals surface area (Å²) in [5, 5.41) is 2.44. The van der Waals surface area contributed by atoms with Crippen LogP contribution in [0.25, 0.3) is 0 Å². The molecule has 24 heavy (non-hydrogen) atoms. The van der Waals surface area contributed by atoms with Crippen molar-refractivity contribution < 1.29 is 22.9 Å². The van der Waals surface area contributed by atoms with Gasteiger partial charge in [0.05, 0.1) is 21.3 Å². The third-order valence-corrected chi connectivity index (χ3v) is 4.18. The topological polar surface area (TPSA) is 72.5 Å². The van der Waals surface area contributed by atoms with Crippen LogP contribution in [0, 0.1) is 12.7 Å². The van der Waals surface area contributed by atoms with Gasteiger partial charge in [0.25, 0.3) is 5.91 Å². The van der Waals surface area contributed by atoms with E-state index in [1.807, 2.05) is 0 Å². The fraction of sp³-hybridized carbons (Fsp3) is 0.176. The molecule has 0 aliphatic carbocycles. The van der Waals surface area contributed by atoms with Gasteiger partial charge in [0.15, 0.2) is 6.61 Å². The molecule has 0 aromatic heterocycles. The second-order valence-electron chi connectivity index (χ2n) is 5.04. The number of hydrogen-bond donors (Lipinski definition) is 1. The average Bonchev–Trinajstić information content (AvgIpc) is 2.56. The summed E-state index contributed by atoms with van der Waals surface area (Å²) in [5.41, 5.74) is 0.880. The smallest absolute Gasteiger partial charge is 0.339 e. The van der Waals surface area contributed by atoms with E-state index in [4.69, 9.17) is 4.74 Å². The Morgan fingerprint density at radius 1 is 1.21 bits per heavy atom. The molecule has 1 amide bonds. The quantitative estimate of drug-likeness (QED) is 0.843. The number of ether oxygens (including phenoxy) is 1. The summed E-state index contributed by atoms with van der Waals surface area (Å²) < 4.78 is 29.9. The molecule has 1 N–H and O–H groups in total. The third kappa shape index (κ3) is 4.48. The van der Waals surface area contributed by atoms with Gasteiger partial charge in [-0.25, -0.2) is 9.18 Å². The van der Waals surface area contributed by atoms with Crippen LogP contribution in [0.5, 0.6) is 0 Å². The summed E-state index contributed by atoms with van der Waals surface area (Å²) in [7, 11) is -1.35. The maximum absolute atomic E-state index is 13.4. The second-order valence-corrected chi connectivity index (χ2v) is 6.39. The minimum atomic E-state index is -1.35. The highest BCUT2D eigenvalue weighted by Gasteiger charge is 2.16. The second kappa shape index (κ2) is 7.83. The summed E-state index contributed by atoms with van der Waals surface area (Å²) in [5.74, 6) is -1.78. The predicted octanol–water partition coefficient (Wildman–Crippen LogP) is 2.67. The molecule has 126 valence electrons. The van der Waals surface area contributed by atoms with Gasteiger partial charge in [-0.1, -0.05) is 18.2 Å². The van der Waals surface area contributed by atoms with Crippen LogP contribution in [-0.2, 0) is 20.3 Å². The Hall–Kier alpha value is -2.54. The molecule has 0 unspecified atom stereocenters. The minimum absolute atomic E-state index is 0.146. The lowest BCUT2D eigenvalue weighted by Crippen LogP contribution is -2.21. The lowest BCUT2D eigenvalue weighted by molar-refractivity contribution is -0.119. The largest absolute Gasteiger partial charge is 0.452 e. The number of benzene rings is 2. The number of esters is 1. The van der Waals surface area contributed by atoms with E-state index < -0.39 is 35.1 Å². The van der Waals surface area contributed by atoms with Gasteiger partial charge < -0.3 is 10.1 Å². The fourth-order valence-corrected chi connectivity index (χ4v) is 2.69. The number of aryl methyl sites for hydroxylation is 1. The average molecular weight is 349 g/mol. The Morgan fingerprint density at radius 2 is 1.92 bits per heavy atom. The maximum atomic E-state index is 13.4. The van der Waals surface area contributed by atoms with Crippen molar-refractivity contribution in [3.05, 3.63) is 59.4 Å². The van der Waals surface area contributed by atoms with Gasteiger partial charge in [0.1, 0.15) is 5.82 Å². The summed E-state index contributed by atoms with van der Waals surface area (Å²) in [6.45, 7) is 1.08. The van der Waals surface area contributed by atoms with Gasteiger partial charge in [-0.15, -0.1) is 0 Å². The summed E-state index contributed by atoms with van der Waals surface area (Å²) in [6, 6.07) is 10.6. The first-order valence-electron chi connectivity index (χ1n) is 7.04. The first-order valence-corrected chi connectivity index (χ1v) is 8.60. The number of carbonyl (C=O) groups excluding carboxylic acids is 2. The summed E-state index contributed by atoms with van der Waals surface area (Å²) >= 11 is 0. The van der Waals surface area contributed by atoms with Crippen LogP contribution in [0.1, 0.15) is 15.9 Å². The monoisotopic (exact) mass is 349 g/mol. The molecular formula is C17H16FNO4S. The van der Waals surface area contributed by atoms with E-state index in [1.54, 1.807) is 31.2 Å². The Labute approximate surface area is 141 Å². The first kappa shape index (κ1) is 17.8. The van der Waals surface area contributed by atoms with Crippen molar-refractivity contribution in [3.63, 3.8) is 0 Å². The summed E-state index contributed by atoms with van der Waals surface area (Å²) in [6.07, 6.45) is 1.45. The van der Waals surface area contributed by atoms with Crippen molar-refractivity contribution in [2.24, 2.45) is 0 Å². The zero-order valence-corrected chi connectivity index (χ0v) is 14.0. The maximum Gasteiger partial charge on any atom is 0.339 e. The van der Waals surface area contributed by atoms with E-state index in [9.17, 15) is 18.2 Å². The molecule has 0 spiro atoms. The van der Waals surface area contributed by atoms with Crippen LogP contribution < -0.4 is 5.32 Å². The molecule has 0 bridgehead atoms. The van der Waals surface area contributed by atoms with Gasteiger partial charge in [-0.3, -0.25) is 9.00 Å². The van der Waals surface area contributed by atoms with Gasteiger partial charge in [-0.05, 0) is 36.8 Å². The zero-order chi connectivity index (χ0) is 17.7. The van der Waals surface area contributed by atoms with Gasteiger partial charge in [-0.2, -0.15) is 0 Å². The molecule has 7 heteroatoms. The van der Waals surface area contributed by atoms with Gasteiger partial charge in [0.2, 0.25) is 0 Å². The van der Waals surface area contributed by atoms with E-state index in [-0.39, 0.29) is 11.3 Å². The minimum Gasteiger partial charge on any atom is -0.452 e. The number of halogens is 1. The molecule has 0 saturated carbocycles. The van der Waals surface area contributed by atoms with Crippen LogP contribution in [-0.4, -0.2) is 28.9 Å². The molecule has 0 aliphatic rings. The molecule has 0 aliphatic heterocycles. The third-order valence-electron chi connectivity index (χ3n) is 3.21. The number of carbonyl (C=O) groups is 2. The van der Waals surface area contributed by atoms with Gasteiger partial charge >= 0.3 is 5.97 Å². The van der Waals surface area contributed by atoms with Crippen molar-refractivity contribution in [1.29, 1.82) is 0 Å². The van der Waals surface area contributed by atoms with Crippen molar-refractivity contribution in [2.75, 3.05) is 18.2 Å². The number of nitrogens with one attached hydrogen (secondary N) is 1. The van der Waals surface area contributed by atoms with Crippen LogP contribution in [0.4, 0.5) is 10.1 Å². The Balaban J connectivity index is 1.97. The van der Waals surface area contributed by atoms with Crippen molar-refractivity contribution >= 4 is 28.4 Å². The lowest BCUT2D eigenvalue weighted by Gasteiger charge is -2.09. The summed E-state index contributed by atoms with van der Waals surface area (Å²) in [4.78, 5) is 24.2. The SMILES string of the molecule is Cc1ccc(NC(=O)COC(=O)c2ccccc2[S@](C)=O)cc1F. The number of amides is 1. The van der Waals surface area contributed by atoms with Crippen molar-refractivity contribution in [3.8, 4) is 0 Å². The molecule has 0 radical (unpaired) electrons. The molecule has 0 fully saturated rings. The van der Waals surface area contributed by atoms with Gasteiger partial charge in [0, 0.05) is 11.9 Å². The predicted molar refractivity (Wildman–Crippen MR) is 88.8 cm³/mol. The normalized spacial score (nSPS) is 11.6. The molecule has 2 aromatic carbocycles. The Kier molecular flexibility index (Phi) is 5.81. The molecule has 0 saturated heterocycles. The standard InChI is InChI=1S/C17H16FNO4S/c1-11-7-8-12(9-14(11)18)19-16(20)10-23-17(21)13-5-3-4-6-15(13)24(2)22/h3-9H,10H2,1-2H3,(H,19,20)/t24-/m0/s1. The Bertz CT molecular complexity index is 807. The van der Waals surface area contributed by atoms with Crippen molar-refractivity contribution in [1.82, 2.24) is 0 Å². The van der Waals surface area contributed by atoms with Crippen LogP contribution in [0.15, 0.2) is 47.4 Å². The van der Waals surface area contributed by atoms with E-state index in [0.29, 0.717) is 10.5 Å². The highest BCUT2D eigenvalue weighted by atomic mass is 32.2. The van der Waals surface area contributed by atoms with Crippen molar-refractivity contribution in [2.45, 2.75) is 11.8 Å².